The number of aromatic nitrogens is 2. The number of rotatable bonds is 7. The summed E-state index contributed by atoms with van der Waals surface area (Å²) in [5.74, 6) is 1.95. The number of guanidine groups is 1. The summed E-state index contributed by atoms with van der Waals surface area (Å²) < 4.78 is 4.40. The Morgan fingerprint density at radius 2 is 1.92 bits per heavy atom. The lowest BCUT2D eigenvalue weighted by Gasteiger charge is -2.37. The Labute approximate surface area is 156 Å². The molecule has 2 rings (SSSR count). The van der Waals surface area contributed by atoms with Crippen molar-refractivity contribution in [1.29, 1.82) is 0 Å². The topological polar surface area (TPSA) is 59.9 Å². The van der Waals surface area contributed by atoms with Crippen molar-refractivity contribution in [2.45, 2.75) is 40.2 Å². The Kier molecular flexibility index (Phi) is 7.90. The van der Waals surface area contributed by atoms with Crippen LogP contribution in [0.2, 0.25) is 0 Å². The van der Waals surface area contributed by atoms with Gasteiger partial charge in [-0.15, -0.1) is 0 Å². The zero-order chi connectivity index (χ0) is 18.2. The van der Waals surface area contributed by atoms with Gasteiger partial charge in [-0.3, -0.25) is 9.89 Å². The summed E-state index contributed by atoms with van der Waals surface area (Å²) in [6.45, 7) is 15.7. The van der Waals surface area contributed by atoms with Gasteiger partial charge >= 0.3 is 0 Å². The van der Waals surface area contributed by atoms with Gasteiger partial charge in [0.05, 0.1) is 0 Å². The average molecular weight is 368 g/mol. The number of aliphatic imine (C=N–C) groups is 1. The highest BCUT2D eigenvalue weighted by Crippen LogP contribution is 2.19. The molecule has 1 N–H and O–H groups in total. The van der Waals surface area contributed by atoms with Crippen molar-refractivity contribution < 1.29 is 0 Å². The Balaban J connectivity index is 1.83. The highest BCUT2D eigenvalue weighted by Gasteiger charge is 2.22. The van der Waals surface area contributed by atoms with Crippen LogP contribution < -0.4 is 10.2 Å². The molecule has 1 aromatic rings. The third-order valence-electron chi connectivity index (χ3n) is 4.83. The summed E-state index contributed by atoms with van der Waals surface area (Å²) in [5.41, 5.74) is 0. The standard InChI is InChI=1S/C17H33N7S/c1-6-15-20-17(25-21-15)24-11-9-23(10-12-24)16(18-5)19-13-14(4)22(7-2)8-3/h14H,6-13H2,1-5H3,(H,18,19). The number of anilines is 1. The molecule has 1 aliphatic heterocycles. The van der Waals surface area contributed by atoms with Crippen molar-refractivity contribution >= 4 is 22.6 Å². The third-order valence-corrected chi connectivity index (χ3v) is 5.64. The van der Waals surface area contributed by atoms with E-state index in [1.165, 1.54) is 11.5 Å². The minimum atomic E-state index is 0.502. The molecule has 0 bridgehead atoms. The number of likely N-dealkylation sites (N-methyl/N-ethyl adjacent to an activating group) is 1. The SMILES string of the molecule is CCc1nsc(N2CCN(C(=NC)NCC(C)N(CC)CC)CC2)n1. The number of aryl methyl sites for hydroxylation is 1. The van der Waals surface area contributed by atoms with E-state index in [4.69, 9.17) is 0 Å². The number of nitrogens with zero attached hydrogens (tertiary/aromatic N) is 6. The molecule has 0 radical (unpaired) electrons. The molecule has 8 heteroatoms. The predicted octanol–water partition coefficient (Wildman–Crippen LogP) is 1.53. The first-order valence-electron chi connectivity index (χ1n) is 9.40. The Morgan fingerprint density at radius 1 is 1.24 bits per heavy atom. The van der Waals surface area contributed by atoms with Gasteiger partial charge in [0, 0.05) is 63.8 Å². The van der Waals surface area contributed by atoms with Gasteiger partial charge in [0.2, 0.25) is 5.13 Å². The molecule has 1 aromatic heterocycles. The Hall–Kier alpha value is -1.41. The minimum Gasteiger partial charge on any atom is -0.355 e. The zero-order valence-corrected chi connectivity index (χ0v) is 17.1. The molecule has 0 spiro atoms. The molecule has 0 aromatic carbocycles. The molecule has 7 nitrogen and oxygen atoms in total. The van der Waals surface area contributed by atoms with Crippen LogP contribution in [-0.2, 0) is 6.42 Å². The molecular weight excluding hydrogens is 334 g/mol. The highest BCUT2D eigenvalue weighted by atomic mass is 32.1. The maximum atomic E-state index is 4.60. The van der Waals surface area contributed by atoms with Crippen molar-refractivity contribution in [3.05, 3.63) is 5.82 Å². The Bertz CT molecular complexity index is 533. The van der Waals surface area contributed by atoms with Crippen LogP contribution in [0.15, 0.2) is 4.99 Å². The second kappa shape index (κ2) is 9.91. The van der Waals surface area contributed by atoms with Crippen LogP contribution >= 0.6 is 11.5 Å². The molecule has 0 amide bonds. The third kappa shape index (κ3) is 5.28. The largest absolute Gasteiger partial charge is 0.355 e. The fourth-order valence-electron chi connectivity index (χ4n) is 3.17. The first kappa shape index (κ1) is 19.9. The number of nitrogens with one attached hydrogen (secondary N) is 1. The van der Waals surface area contributed by atoms with E-state index in [2.05, 4.69) is 62.1 Å². The maximum Gasteiger partial charge on any atom is 0.205 e. The van der Waals surface area contributed by atoms with E-state index in [9.17, 15) is 0 Å². The number of piperazine rings is 1. The van der Waals surface area contributed by atoms with Gasteiger partial charge < -0.3 is 15.1 Å². The molecule has 1 fully saturated rings. The maximum absolute atomic E-state index is 4.60. The van der Waals surface area contributed by atoms with Crippen LogP contribution in [0.1, 0.15) is 33.5 Å². The second-order valence-electron chi connectivity index (χ2n) is 6.32. The molecule has 1 atom stereocenters. The van der Waals surface area contributed by atoms with Gasteiger partial charge in [-0.1, -0.05) is 20.8 Å². The minimum absolute atomic E-state index is 0.502. The average Bonchev–Trinajstić information content (AvgIpc) is 3.13. The molecule has 1 aliphatic rings. The number of hydrogen-bond acceptors (Lipinski definition) is 6. The lowest BCUT2D eigenvalue weighted by Crippen LogP contribution is -2.54. The molecule has 1 unspecified atom stereocenters. The van der Waals surface area contributed by atoms with E-state index in [1.807, 2.05) is 7.05 Å². The van der Waals surface area contributed by atoms with E-state index in [1.54, 1.807) is 0 Å². The van der Waals surface area contributed by atoms with Crippen molar-refractivity contribution in [1.82, 2.24) is 24.5 Å². The quantitative estimate of drug-likeness (QED) is 0.583. The van der Waals surface area contributed by atoms with Crippen molar-refractivity contribution in [2.75, 3.05) is 57.8 Å². The smallest absolute Gasteiger partial charge is 0.205 e. The highest BCUT2D eigenvalue weighted by molar-refractivity contribution is 7.09. The first-order chi connectivity index (χ1) is 12.1. The van der Waals surface area contributed by atoms with E-state index in [0.29, 0.717) is 6.04 Å². The van der Waals surface area contributed by atoms with Gasteiger partial charge in [-0.25, -0.2) is 4.98 Å². The van der Waals surface area contributed by atoms with Crippen LogP contribution in [0.5, 0.6) is 0 Å². The first-order valence-corrected chi connectivity index (χ1v) is 10.2. The van der Waals surface area contributed by atoms with Crippen LogP contribution in [0, 0.1) is 0 Å². The molecule has 0 aliphatic carbocycles. The van der Waals surface area contributed by atoms with Gasteiger partial charge in [0.1, 0.15) is 5.82 Å². The fourth-order valence-corrected chi connectivity index (χ4v) is 3.97. The number of hydrogen-bond donors (Lipinski definition) is 1. The van der Waals surface area contributed by atoms with Gasteiger partial charge in [0.25, 0.3) is 0 Å². The summed E-state index contributed by atoms with van der Waals surface area (Å²) in [4.78, 5) is 16.2. The van der Waals surface area contributed by atoms with Gasteiger partial charge in [0.15, 0.2) is 5.96 Å². The van der Waals surface area contributed by atoms with E-state index in [0.717, 1.165) is 69.1 Å². The van der Waals surface area contributed by atoms with Gasteiger partial charge in [-0.05, 0) is 20.0 Å². The summed E-state index contributed by atoms with van der Waals surface area (Å²) in [5, 5.41) is 4.60. The van der Waals surface area contributed by atoms with Crippen molar-refractivity contribution in [2.24, 2.45) is 4.99 Å². The van der Waals surface area contributed by atoms with Gasteiger partial charge in [-0.2, -0.15) is 4.37 Å². The second-order valence-corrected chi connectivity index (χ2v) is 7.05. The predicted molar refractivity (Wildman–Crippen MR) is 107 cm³/mol. The van der Waals surface area contributed by atoms with Crippen LogP contribution in [0.25, 0.3) is 0 Å². The molecule has 1 saturated heterocycles. The molecule has 25 heavy (non-hydrogen) atoms. The molecule has 0 saturated carbocycles. The van der Waals surface area contributed by atoms with E-state index < -0.39 is 0 Å². The normalized spacial score (nSPS) is 17.3. The monoisotopic (exact) mass is 367 g/mol. The summed E-state index contributed by atoms with van der Waals surface area (Å²) in [7, 11) is 1.87. The summed E-state index contributed by atoms with van der Waals surface area (Å²) in [6.07, 6.45) is 0.901. The van der Waals surface area contributed by atoms with E-state index >= 15 is 0 Å². The molecular formula is C17H33N7S. The van der Waals surface area contributed by atoms with Crippen LogP contribution in [-0.4, -0.2) is 84.0 Å². The lowest BCUT2D eigenvalue weighted by atomic mass is 10.2. The van der Waals surface area contributed by atoms with Crippen molar-refractivity contribution in [3.63, 3.8) is 0 Å². The Morgan fingerprint density at radius 3 is 2.44 bits per heavy atom. The van der Waals surface area contributed by atoms with E-state index in [-0.39, 0.29) is 0 Å². The fraction of sp³-hybridized carbons (Fsp3) is 0.824. The molecule has 142 valence electrons. The van der Waals surface area contributed by atoms with Crippen LogP contribution in [0.4, 0.5) is 5.13 Å². The summed E-state index contributed by atoms with van der Waals surface area (Å²) in [6, 6.07) is 0.502. The lowest BCUT2D eigenvalue weighted by molar-refractivity contribution is 0.229. The van der Waals surface area contributed by atoms with Crippen molar-refractivity contribution in [3.8, 4) is 0 Å². The zero-order valence-electron chi connectivity index (χ0n) is 16.3. The van der Waals surface area contributed by atoms with Crippen LogP contribution in [0.3, 0.4) is 0 Å². The molecule has 2 heterocycles. The summed E-state index contributed by atoms with van der Waals surface area (Å²) >= 11 is 1.51.